The molecule has 2 rings (SSSR count). The van der Waals surface area contributed by atoms with Crippen LogP contribution in [0.4, 0.5) is 5.69 Å². The van der Waals surface area contributed by atoms with E-state index in [1.807, 2.05) is 0 Å². The third kappa shape index (κ3) is 7.80. The van der Waals surface area contributed by atoms with E-state index in [-0.39, 0.29) is 5.56 Å². The van der Waals surface area contributed by atoms with Crippen LogP contribution < -0.4 is 20.7 Å². The molecule has 0 radical (unpaired) electrons. The Hall–Kier alpha value is -3.79. The first-order valence-electron chi connectivity index (χ1n) is 9.26. The summed E-state index contributed by atoms with van der Waals surface area (Å²) < 4.78 is 26.5. The molecular formula is C20H21N5O6S. The standard InChI is InChI=1S/C20H21N5O6S/c21-13-23-16-8-6-15(7-9-16)19(28)24-18(27)10-22-20(29)17(11-26)25-32(30,31)12-14-4-2-1-3-5-14/h1-9,17,23,25-26H,10-12H2,(H,22,29)(H,24,27,28)/t17-/m0/s1. The highest BCUT2D eigenvalue weighted by Gasteiger charge is 2.24. The van der Waals surface area contributed by atoms with Crippen LogP contribution in [-0.4, -0.2) is 50.4 Å². The number of anilines is 1. The molecule has 0 aliphatic carbocycles. The summed E-state index contributed by atoms with van der Waals surface area (Å²) >= 11 is 0. The maximum atomic E-state index is 12.2. The number of aliphatic hydroxyl groups is 1. The summed E-state index contributed by atoms with van der Waals surface area (Å²) in [7, 11) is -3.94. The van der Waals surface area contributed by atoms with Crippen molar-refractivity contribution in [3.8, 4) is 6.19 Å². The lowest BCUT2D eigenvalue weighted by molar-refractivity contribution is -0.127. The van der Waals surface area contributed by atoms with Crippen LogP contribution in [-0.2, 0) is 25.4 Å². The molecule has 12 heteroatoms. The monoisotopic (exact) mass is 459 g/mol. The number of rotatable bonds is 10. The fraction of sp³-hybridized carbons (Fsp3) is 0.200. The van der Waals surface area contributed by atoms with E-state index < -0.39 is 52.7 Å². The van der Waals surface area contributed by atoms with Gasteiger partial charge in [-0.2, -0.15) is 5.26 Å². The quantitative estimate of drug-likeness (QED) is 0.232. The number of nitrogens with one attached hydrogen (secondary N) is 4. The van der Waals surface area contributed by atoms with Gasteiger partial charge in [0.05, 0.1) is 18.9 Å². The molecule has 3 amide bonds. The van der Waals surface area contributed by atoms with Crippen LogP contribution in [0, 0.1) is 11.5 Å². The molecule has 0 spiro atoms. The first kappa shape index (κ1) is 24.5. The number of amides is 3. The van der Waals surface area contributed by atoms with Gasteiger partial charge in [-0.3, -0.25) is 25.0 Å². The smallest absolute Gasteiger partial charge is 0.257 e. The van der Waals surface area contributed by atoms with Gasteiger partial charge in [0.15, 0.2) is 6.19 Å². The number of nitrogens with zero attached hydrogens (tertiary/aromatic N) is 1. The van der Waals surface area contributed by atoms with Crippen LogP contribution in [0.3, 0.4) is 0 Å². The highest BCUT2D eigenvalue weighted by molar-refractivity contribution is 7.88. The van der Waals surface area contributed by atoms with Gasteiger partial charge in [0.25, 0.3) is 5.91 Å². The molecule has 0 unspecified atom stereocenters. The summed E-state index contributed by atoms with van der Waals surface area (Å²) in [5, 5.41) is 24.5. The lowest BCUT2D eigenvalue weighted by Crippen LogP contribution is -2.51. The zero-order valence-corrected chi connectivity index (χ0v) is 17.6. The number of hydrogen-bond acceptors (Lipinski definition) is 8. The van der Waals surface area contributed by atoms with Crippen molar-refractivity contribution < 1.29 is 27.9 Å². The van der Waals surface area contributed by atoms with Crippen molar-refractivity contribution in [1.82, 2.24) is 15.4 Å². The highest BCUT2D eigenvalue weighted by atomic mass is 32.2. The molecule has 0 fully saturated rings. The Kier molecular flexibility index (Phi) is 8.84. The maximum Gasteiger partial charge on any atom is 0.257 e. The lowest BCUT2D eigenvalue weighted by Gasteiger charge is -2.16. The number of sulfonamides is 1. The maximum absolute atomic E-state index is 12.2. The summed E-state index contributed by atoms with van der Waals surface area (Å²) in [5.74, 6) is -2.89. The summed E-state index contributed by atoms with van der Waals surface area (Å²) in [6, 6.07) is 12.5. The Labute approximate surface area is 184 Å². The van der Waals surface area contributed by atoms with Crippen molar-refractivity contribution >= 4 is 33.4 Å². The van der Waals surface area contributed by atoms with Gasteiger partial charge in [0.1, 0.15) is 6.04 Å². The normalized spacial score (nSPS) is 11.6. The molecule has 2 aromatic rings. The molecule has 0 aliphatic rings. The summed E-state index contributed by atoms with van der Waals surface area (Å²) in [6.07, 6.45) is 1.73. The summed E-state index contributed by atoms with van der Waals surface area (Å²) in [4.78, 5) is 36.2. The van der Waals surface area contributed by atoms with Crippen LogP contribution in [0.15, 0.2) is 54.6 Å². The van der Waals surface area contributed by atoms with Gasteiger partial charge in [0, 0.05) is 11.3 Å². The van der Waals surface area contributed by atoms with Crippen molar-refractivity contribution in [1.29, 1.82) is 5.26 Å². The second-order valence-corrected chi connectivity index (χ2v) is 8.26. The molecule has 168 valence electrons. The second-order valence-electron chi connectivity index (χ2n) is 6.51. The minimum Gasteiger partial charge on any atom is -0.394 e. The molecule has 11 nitrogen and oxygen atoms in total. The van der Waals surface area contributed by atoms with E-state index in [0.717, 1.165) is 0 Å². The molecule has 0 bridgehead atoms. The number of carbonyl (C=O) groups excluding carboxylic acids is 3. The molecular weight excluding hydrogens is 438 g/mol. The second kappa shape index (κ2) is 11.6. The van der Waals surface area contributed by atoms with Crippen molar-refractivity contribution in [2.45, 2.75) is 11.8 Å². The van der Waals surface area contributed by atoms with Crippen molar-refractivity contribution in [2.75, 3.05) is 18.5 Å². The average molecular weight is 459 g/mol. The van der Waals surface area contributed by atoms with E-state index in [9.17, 15) is 27.9 Å². The zero-order valence-electron chi connectivity index (χ0n) is 16.7. The van der Waals surface area contributed by atoms with Crippen LogP contribution in [0.1, 0.15) is 15.9 Å². The Morgan fingerprint density at radius 1 is 1.03 bits per heavy atom. The van der Waals surface area contributed by atoms with E-state index in [4.69, 9.17) is 5.26 Å². The molecule has 0 saturated heterocycles. The third-order valence-electron chi connectivity index (χ3n) is 4.04. The molecule has 0 aliphatic heterocycles. The molecule has 0 heterocycles. The molecule has 2 aromatic carbocycles. The van der Waals surface area contributed by atoms with Crippen LogP contribution in [0.2, 0.25) is 0 Å². The fourth-order valence-corrected chi connectivity index (χ4v) is 3.86. The number of hydrogen-bond donors (Lipinski definition) is 5. The topological polar surface area (TPSA) is 177 Å². The molecule has 0 saturated carbocycles. The van der Waals surface area contributed by atoms with E-state index >= 15 is 0 Å². The Bertz CT molecular complexity index is 1100. The van der Waals surface area contributed by atoms with Crippen molar-refractivity contribution in [3.05, 3.63) is 65.7 Å². The summed E-state index contributed by atoms with van der Waals surface area (Å²) in [6.45, 7) is -1.45. The third-order valence-corrected chi connectivity index (χ3v) is 5.40. The van der Waals surface area contributed by atoms with Gasteiger partial charge >= 0.3 is 0 Å². The SMILES string of the molecule is N#CNc1ccc(C(=O)NC(=O)CNC(=O)[C@H](CO)NS(=O)(=O)Cc2ccccc2)cc1. The highest BCUT2D eigenvalue weighted by Crippen LogP contribution is 2.09. The average Bonchev–Trinajstić information content (AvgIpc) is 2.77. The lowest BCUT2D eigenvalue weighted by atomic mass is 10.2. The molecule has 5 N–H and O–H groups in total. The van der Waals surface area contributed by atoms with Crippen molar-refractivity contribution in [3.63, 3.8) is 0 Å². The van der Waals surface area contributed by atoms with Gasteiger partial charge in [0.2, 0.25) is 21.8 Å². The number of benzene rings is 2. The Morgan fingerprint density at radius 3 is 2.28 bits per heavy atom. The number of aliphatic hydroxyl groups excluding tert-OH is 1. The van der Waals surface area contributed by atoms with Gasteiger partial charge < -0.3 is 10.4 Å². The Balaban J connectivity index is 1.85. The minimum absolute atomic E-state index is 0.148. The summed E-state index contributed by atoms with van der Waals surface area (Å²) in [5.41, 5.74) is 1.11. The predicted octanol–water partition coefficient (Wildman–Crippen LogP) is -0.567. The zero-order chi connectivity index (χ0) is 23.6. The van der Waals surface area contributed by atoms with Gasteiger partial charge in [-0.1, -0.05) is 30.3 Å². The largest absolute Gasteiger partial charge is 0.394 e. The minimum atomic E-state index is -3.94. The first-order valence-corrected chi connectivity index (χ1v) is 10.9. The van der Waals surface area contributed by atoms with Crippen LogP contribution in [0.5, 0.6) is 0 Å². The predicted molar refractivity (Wildman–Crippen MR) is 114 cm³/mol. The fourth-order valence-electron chi connectivity index (χ4n) is 2.53. The number of nitriles is 1. The van der Waals surface area contributed by atoms with E-state index in [1.165, 1.54) is 24.3 Å². The first-order chi connectivity index (χ1) is 15.2. The van der Waals surface area contributed by atoms with Gasteiger partial charge in [-0.15, -0.1) is 0 Å². The number of imide groups is 1. The molecule has 32 heavy (non-hydrogen) atoms. The molecule has 0 aromatic heterocycles. The van der Waals surface area contributed by atoms with Crippen LogP contribution >= 0.6 is 0 Å². The Morgan fingerprint density at radius 2 is 1.69 bits per heavy atom. The van der Waals surface area contributed by atoms with E-state index in [1.54, 1.807) is 36.5 Å². The van der Waals surface area contributed by atoms with E-state index in [2.05, 4.69) is 20.7 Å². The van der Waals surface area contributed by atoms with Crippen molar-refractivity contribution in [2.24, 2.45) is 0 Å². The van der Waals surface area contributed by atoms with E-state index in [0.29, 0.717) is 11.3 Å². The molecule has 1 atom stereocenters. The number of carbonyl (C=O) groups is 3. The van der Waals surface area contributed by atoms with Crippen LogP contribution in [0.25, 0.3) is 0 Å². The van der Waals surface area contributed by atoms with Gasteiger partial charge in [-0.25, -0.2) is 13.1 Å². The van der Waals surface area contributed by atoms with Gasteiger partial charge in [-0.05, 0) is 29.8 Å².